The maximum absolute atomic E-state index is 13.1. The molecule has 3 rings (SSSR count). The summed E-state index contributed by atoms with van der Waals surface area (Å²) in [5.74, 6) is -0.111. The molecular formula is C23H29N3O5S. The van der Waals surface area contributed by atoms with E-state index in [-0.39, 0.29) is 28.3 Å². The van der Waals surface area contributed by atoms with E-state index in [0.717, 1.165) is 5.56 Å². The predicted molar refractivity (Wildman–Crippen MR) is 121 cm³/mol. The molecule has 1 aliphatic heterocycles. The number of sulfone groups is 1. The third kappa shape index (κ3) is 5.21. The predicted octanol–water partition coefficient (Wildman–Crippen LogP) is 2.85. The number of piperazine rings is 1. The van der Waals surface area contributed by atoms with Gasteiger partial charge in [0, 0.05) is 31.9 Å². The lowest BCUT2D eigenvalue weighted by Crippen LogP contribution is -2.51. The van der Waals surface area contributed by atoms with Crippen molar-refractivity contribution in [1.29, 1.82) is 0 Å². The van der Waals surface area contributed by atoms with Crippen LogP contribution in [0.1, 0.15) is 18.1 Å². The van der Waals surface area contributed by atoms with E-state index < -0.39 is 9.84 Å². The van der Waals surface area contributed by atoms with Gasteiger partial charge in [-0.05, 0) is 50.6 Å². The van der Waals surface area contributed by atoms with Crippen LogP contribution >= 0.6 is 0 Å². The van der Waals surface area contributed by atoms with E-state index in [1.54, 1.807) is 66.1 Å². The summed E-state index contributed by atoms with van der Waals surface area (Å²) in [6, 6.07) is 11.7. The second-order valence-corrected chi connectivity index (χ2v) is 9.58. The minimum Gasteiger partial charge on any atom is -0.450 e. The first-order chi connectivity index (χ1) is 15.2. The molecule has 0 bridgehead atoms. The lowest BCUT2D eigenvalue weighted by molar-refractivity contribution is -0.130. The molecule has 0 radical (unpaired) electrons. The van der Waals surface area contributed by atoms with Crippen LogP contribution in [0.2, 0.25) is 0 Å². The van der Waals surface area contributed by atoms with Gasteiger partial charge < -0.3 is 19.9 Å². The molecule has 0 spiro atoms. The van der Waals surface area contributed by atoms with Gasteiger partial charge in [-0.15, -0.1) is 0 Å². The average molecular weight is 460 g/mol. The van der Waals surface area contributed by atoms with Crippen LogP contribution in [0.25, 0.3) is 0 Å². The highest BCUT2D eigenvalue weighted by molar-refractivity contribution is 7.91. The molecule has 2 amide bonds. The van der Waals surface area contributed by atoms with Crippen LogP contribution in [0.4, 0.5) is 10.5 Å². The molecular weight excluding hydrogens is 430 g/mol. The van der Waals surface area contributed by atoms with Crippen molar-refractivity contribution in [3.63, 3.8) is 0 Å². The van der Waals surface area contributed by atoms with Gasteiger partial charge in [-0.25, -0.2) is 13.2 Å². The van der Waals surface area contributed by atoms with Crippen LogP contribution in [-0.4, -0.2) is 69.5 Å². The second kappa shape index (κ2) is 10.0. The van der Waals surface area contributed by atoms with Crippen molar-refractivity contribution in [2.75, 3.05) is 44.6 Å². The summed E-state index contributed by atoms with van der Waals surface area (Å²) in [4.78, 5) is 28.1. The Hall–Kier alpha value is -3.07. The fourth-order valence-corrected chi connectivity index (χ4v) is 5.10. The summed E-state index contributed by atoms with van der Waals surface area (Å²) in [5.41, 5.74) is 2.14. The summed E-state index contributed by atoms with van der Waals surface area (Å²) in [6.45, 7) is 7.45. The molecule has 9 heteroatoms. The van der Waals surface area contributed by atoms with Crippen LogP contribution in [0, 0.1) is 13.8 Å². The minimum atomic E-state index is -3.67. The summed E-state index contributed by atoms with van der Waals surface area (Å²) >= 11 is 0. The number of nitrogens with zero attached hydrogens (tertiary/aromatic N) is 2. The minimum absolute atomic E-state index is 0.0360. The summed E-state index contributed by atoms with van der Waals surface area (Å²) in [7, 11) is -3.67. The monoisotopic (exact) mass is 459 g/mol. The van der Waals surface area contributed by atoms with E-state index in [4.69, 9.17) is 4.74 Å². The molecule has 1 fully saturated rings. The number of hydrogen-bond donors (Lipinski definition) is 1. The van der Waals surface area contributed by atoms with Gasteiger partial charge >= 0.3 is 6.09 Å². The number of nitrogens with one attached hydrogen (secondary N) is 1. The zero-order valence-corrected chi connectivity index (χ0v) is 19.4. The zero-order chi connectivity index (χ0) is 23.3. The first kappa shape index (κ1) is 23.6. The Balaban J connectivity index is 1.65. The average Bonchev–Trinajstić information content (AvgIpc) is 2.78. The zero-order valence-electron chi connectivity index (χ0n) is 18.6. The lowest BCUT2D eigenvalue weighted by atomic mass is 10.2. The molecule has 32 heavy (non-hydrogen) atoms. The van der Waals surface area contributed by atoms with Crippen molar-refractivity contribution in [3.05, 3.63) is 53.6 Å². The van der Waals surface area contributed by atoms with Gasteiger partial charge in [0.1, 0.15) is 0 Å². The smallest absolute Gasteiger partial charge is 0.409 e. The van der Waals surface area contributed by atoms with Crippen molar-refractivity contribution in [2.24, 2.45) is 0 Å². The van der Waals surface area contributed by atoms with E-state index in [9.17, 15) is 18.0 Å². The van der Waals surface area contributed by atoms with Gasteiger partial charge in [-0.2, -0.15) is 0 Å². The molecule has 0 aromatic heterocycles. The third-order valence-corrected chi connectivity index (χ3v) is 7.41. The number of amides is 2. The van der Waals surface area contributed by atoms with Crippen molar-refractivity contribution in [1.82, 2.24) is 9.80 Å². The standard InChI is InChI=1S/C23H29N3O5S/c1-4-31-23(28)26-14-12-25(13-15-26)22(27)16-24-20-6-5-7-21(18(20)3)32(29,30)19-10-8-17(2)9-11-19/h5-11,24H,4,12-16H2,1-3H3. The van der Waals surface area contributed by atoms with E-state index in [0.29, 0.717) is 44.0 Å². The van der Waals surface area contributed by atoms with Crippen LogP contribution in [-0.2, 0) is 19.4 Å². The number of ether oxygens (including phenoxy) is 1. The van der Waals surface area contributed by atoms with Crippen LogP contribution in [0.3, 0.4) is 0 Å². The lowest BCUT2D eigenvalue weighted by Gasteiger charge is -2.34. The SMILES string of the molecule is CCOC(=O)N1CCN(C(=O)CNc2cccc(S(=O)(=O)c3ccc(C)cc3)c2C)CC1. The normalized spacial score (nSPS) is 14.2. The molecule has 1 aliphatic rings. The maximum atomic E-state index is 13.1. The molecule has 0 unspecified atom stereocenters. The molecule has 2 aromatic rings. The Morgan fingerprint density at radius 1 is 0.969 bits per heavy atom. The Labute approximate surface area is 189 Å². The number of anilines is 1. The number of carbonyl (C=O) groups is 2. The molecule has 2 aromatic carbocycles. The molecule has 0 saturated carbocycles. The van der Waals surface area contributed by atoms with Crippen LogP contribution < -0.4 is 5.32 Å². The Morgan fingerprint density at radius 3 is 2.22 bits per heavy atom. The fourth-order valence-electron chi connectivity index (χ4n) is 3.58. The Kier molecular flexibility index (Phi) is 7.40. The molecule has 1 heterocycles. The molecule has 8 nitrogen and oxygen atoms in total. The highest BCUT2D eigenvalue weighted by Gasteiger charge is 2.25. The van der Waals surface area contributed by atoms with Crippen molar-refractivity contribution in [2.45, 2.75) is 30.6 Å². The first-order valence-corrected chi connectivity index (χ1v) is 12.1. The Bertz CT molecular complexity index is 1080. The number of carbonyl (C=O) groups excluding carboxylic acids is 2. The summed E-state index contributed by atoms with van der Waals surface area (Å²) in [5, 5.41) is 3.08. The molecule has 172 valence electrons. The van der Waals surface area contributed by atoms with Crippen LogP contribution in [0.15, 0.2) is 52.3 Å². The summed E-state index contributed by atoms with van der Waals surface area (Å²) in [6.07, 6.45) is -0.361. The molecule has 1 saturated heterocycles. The largest absolute Gasteiger partial charge is 0.450 e. The van der Waals surface area contributed by atoms with E-state index >= 15 is 0 Å². The second-order valence-electron chi connectivity index (χ2n) is 7.67. The maximum Gasteiger partial charge on any atom is 0.409 e. The number of rotatable bonds is 6. The van der Waals surface area contributed by atoms with Crippen molar-refractivity contribution < 1.29 is 22.7 Å². The molecule has 0 aliphatic carbocycles. The van der Waals surface area contributed by atoms with Gasteiger partial charge in [0.25, 0.3) is 0 Å². The number of aryl methyl sites for hydroxylation is 1. The number of benzene rings is 2. The summed E-state index contributed by atoms with van der Waals surface area (Å²) < 4.78 is 31.2. The molecule has 1 N–H and O–H groups in total. The van der Waals surface area contributed by atoms with E-state index in [1.807, 2.05) is 6.92 Å². The van der Waals surface area contributed by atoms with Gasteiger partial charge in [0.2, 0.25) is 15.7 Å². The van der Waals surface area contributed by atoms with Crippen molar-refractivity contribution >= 4 is 27.5 Å². The fraction of sp³-hybridized carbons (Fsp3) is 0.391. The molecule has 0 atom stereocenters. The topological polar surface area (TPSA) is 96.0 Å². The van der Waals surface area contributed by atoms with Gasteiger partial charge in [0.05, 0.1) is 22.9 Å². The van der Waals surface area contributed by atoms with Gasteiger partial charge in [0.15, 0.2) is 0 Å². The van der Waals surface area contributed by atoms with E-state index in [1.165, 1.54) is 0 Å². The highest BCUT2D eigenvalue weighted by atomic mass is 32.2. The van der Waals surface area contributed by atoms with E-state index in [2.05, 4.69) is 5.32 Å². The third-order valence-electron chi connectivity index (χ3n) is 5.49. The van der Waals surface area contributed by atoms with Crippen LogP contribution in [0.5, 0.6) is 0 Å². The van der Waals surface area contributed by atoms with Gasteiger partial charge in [-0.3, -0.25) is 4.79 Å². The highest BCUT2D eigenvalue weighted by Crippen LogP contribution is 2.28. The number of hydrogen-bond acceptors (Lipinski definition) is 6. The Morgan fingerprint density at radius 2 is 1.59 bits per heavy atom. The van der Waals surface area contributed by atoms with Crippen molar-refractivity contribution in [3.8, 4) is 0 Å². The van der Waals surface area contributed by atoms with Gasteiger partial charge in [-0.1, -0.05) is 23.8 Å². The first-order valence-electron chi connectivity index (χ1n) is 10.6. The quantitative estimate of drug-likeness (QED) is 0.714.